The van der Waals surface area contributed by atoms with Gasteiger partial charge >= 0.3 is 0 Å². The molecule has 1 aromatic carbocycles. The molecule has 3 heteroatoms. The van der Waals surface area contributed by atoms with Crippen LogP contribution in [0.2, 0.25) is 0 Å². The van der Waals surface area contributed by atoms with Crippen molar-refractivity contribution < 1.29 is 5.11 Å². The van der Waals surface area contributed by atoms with E-state index in [4.69, 9.17) is 5.11 Å². The van der Waals surface area contributed by atoms with E-state index in [2.05, 4.69) is 17.1 Å². The molecular weight excluding hydrogens is 236 g/mol. The van der Waals surface area contributed by atoms with Crippen LogP contribution in [0.1, 0.15) is 11.3 Å². The molecule has 1 N–H and O–H groups in total. The maximum atomic E-state index is 8.90. The summed E-state index contributed by atoms with van der Waals surface area (Å²) in [7, 11) is 1.97. The minimum atomic E-state index is 0.165. The molecule has 0 saturated carbocycles. The van der Waals surface area contributed by atoms with Crippen LogP contribution in [0.5, 0.6) is 0 Å². The van der Waals surface area contributed by atoms with E-state index in [0.29, 0.717) is 6.54 Å². The van der Waals surface area contributed by atoms with Crippen molar-refractivity contribution in [3.63, 3.8) is 0 Å². The Kier molecular flexibility index (Phi) is 4.70. The lowest BCUT2D eigenvalue weighted by Gasteiger charge is -2.17. The maximum Gasteiger partial charge on any atom is 0.0629 e. The monoisotopic (exact) mass is 254 g/mol. The van der Waals surface area contributed by atoms with Crippen molar-refractivity contribution in [3.05, 3.63) is 59.9 Å². The predicted molar refractivity (Wildman–Crippen MR) is 80.0 cm³/mol. The number of aliphatic hydroxyl groups is 1. The first kappa shape index (κ1) is 13.3. The zero-order chi connectivity index (χ0) is 13.5. The second-order valence-electron chi connectivity index (χ2n) is 4.32. The first-order valence-corrected chi connectivity index (χ1v) is 6.31. The first-order chi connectivity index (χ1) is 9.29. The minimum Gasteiger partial charge on any atom is -0.395 e. The number of rotatable bonds is 5. The lowest BCUT2D eigenvalue weighted by Crippen LogP contribution is -2.20. The second kappa shape index (κ2) is 6.71. The number of nitrogens with zero attached hydrogens (tertiary/aromatic N) is 2. The fourth-order valence-corrected chi connectivity index (χ4v) is 1.78. The Labute approximate surface area is 113 Å². The van der Waals surface area contributed by atoms with Crippen LogP contribution >= 0.6 is 0 Å². The van der Waals surface area contributed by atoms with Crippen molar-refractivity contribution in [2.75, 3.05) is 25.1 Å². The Hall–Kier alpha value is -2.13. The quantitative estimate of drug-likeness (QED) is 0.891. The van der Waals surface area contributed by atoms with E-state index in [1.54, 1.807) is 6.20 Å². The van der Waals surface area contributed by atoms with E-state index in [1.807, 2.05) is 54.4 Å². The van der Waals surface area contributed by atoms with Gasteiger partial charge in [-0.05, 0) is 35.9 Å². The maximum absolute atomic E-state index is 8.90. The van der Waals surface area contributed by atoms with Crippen LogP contribution in [0.25, 0.3) is 12.2 Å². The topological polar surface area (TPSA) is 36.4 Å². The van der Waals surface area contributed by atoms with E-state index in [-0.39, 0.29) is 6.61 Å². The van der Waals surface area contributed by atoms with E-state index in [9.17, 15) is 0 Å². The summed E-state index contributed by atoms with van der Waals surface area (Å²) < 4.78 is 0. The summed E-state index contributed by atoms with van der Waals surface area (Å²) in [6.07, 6.45) is 5.82. The number of hydrogen-bond donors (Lipinski definition) is 1. The van der Waals surface area contributed by atoms with Crippen LogP contribution in [0.4, 0.5) is 5.69 Å². The Bertz CT molecular complexity index is 520. The molecule has 0 radical (unpaired) electrons. The molecule has 0 amide bonds. The average Bonchev–Trinajstić information content (AvgIpc) is 2.47. The highest BCUT2D eigenvalue weighted by Crippen LogP contribution is 2.15. The molecule has 0 bridgehead atoms. The molecular formula is C16H18N2O. The van der Waals surface area contributed by atoms with Crippen LogP contribution in [0.3, 0.4) is 0 Å². The summed E-state index contributed by atoms with van der Waals surface area (Å²) in [5, 5.41) is 8.90. The first-order valence-electron chi connectivity index (χ1n) is 6.31. The number of aliphatic hydroxyl groups excluding tert-OH is 1. The van der Waals surface area contributed by atoms with Gasteiger partial charge in [-0.15, -0.1) is 0 Å². The van der Waals surface area contributed by atoms with Gasteiger partial charge in [-0.3, -0.25) is 4.98 Å². The van der Waals surface area contributed by atoms with Gasteiger partial charge in [0.25, 0.3) is 0 Å². The fourth-order valence-electron chi connectivity index (χ4n) is 1.78. The molecule has 0 aliphatic carbocycles. The second-order valence-corrected chi connectivity index (χ2v) is 4.32. The Balaban J connectivity index is 2.05. The molecule has 3 nitrogen and oxygen atoms in total. The molecule has 0 aliphatic heterocycles. The molecule has 2 rings (SSSR count). The van der Waals surface area contributed by atoms with Crippen molar-refractivity contribution in [3.8, 4) is 0 Å². The molecule has 0 fully saturated rings. The van der Waals surface area contributed by atoms with Gasteiger partial charge in [0.15, 0.2) is 0 Å². The van der Waals surface area contributed by atoms with Gasteiger partial charge in [-0.1, -0.05) is 24.3 Å². The largest absolute Gasteiger partial charge is 0.395 e. The number of aromatic nitrogens is 1. The van der Waals surface area contributed by atoms with E-state index >= 15 is 0 Å². The number of pyridine rings is 1. The van der Waals surface area contributed by atoms with Crippen molar-refractivity contribution in [2.45, 2.75) is 0 Å². The third-order valence-electron chi connectivity index (χ3n) is 2.90. The number of anilines is 1. The van der Waals surface area contributed by atoms with Gasteiger partial charge in [-0.25, -0.2) is 0 Å². The van der Waals surface area contributed by atoms with Gasteiger partial charge in [0.1, 0.15) is 0 Å². The fraction of sp³-hybridized carbons (Fsp3) is 0.188. The van der Waals surface area contributed by atoms with Crippen LogP contribution < -0.4 is 4.90 Å². The lowest BCUT2D eigenvalue weighted by molar-refractivity contribution is 0.304. The van der Waals surface area contributed by atoms with E-state index in [1.165, 1.54) is 0 Å². The van der Waals surface area contributed by atoms with Gasteiger partial charge in [0.2, 0.25) is 0 Å². The van der Waals surface area contributed by atoms with Crippen LogP contribution in [-0.2, 0) is 0 Å². The summed E-state index contributed by atoms with van der Waals surface area (Å²) >= 11 is 0. The van der Waals surface area contributed by atoms with Gasteiger partial charge in [-0.2, -0.15) is 0 Å². The molecule has 1 heterocycles. The third-order valence-corrected chi connectivity index (χ3v) is 2.90. The Morgan fingerprint density at radius 2 is 1.89 bits per heavy atom. The highest BCUT2D eigenvalue weighted by atomic mass is 16.3. The van der Waals surface area contributed by atoms with Crippen molar-refractivity contribution >= 4 is 17.8 Å². The molecule has 0 spiro atoms. The minimum absolute atomic E-state index is 0.165. The summed E-state index contributed by atoms with van der Waals surface area (Å²) in [4.78, 5) is 6.26. The van der Waals surface area contributed by atoms with E-state index in [0.717, 1.165) is 16.9 Å². The molecule has 98 valence electrons. The smallest absolute Gasteiger partial charge is 0.0629 e. The number of hydrogen-bond acceptors (Lipinski definition) is 3. The molecule has 19 heavy (non-hydrogen) atoms. The molecule has 0 atom stereocenters. The molecule has 1 aromatic heterocycles. The van der Waals surface area contributed by atoms with Gasteiger partial charge in [0, 0.05) is 25.5 Å². The van der Waals surface area contributed by atoms with Crippen molar-refractivity contribution in [1.29, 1.82) is 0 Å². The zero-order valence-corrected chi connectivity index (χ0v) is 11.0. The Morgan fingerprint density at radius 1 is 1.11 bits per heavy atom. The SMILES string of the molecule is CN(CCO)c1ccc(/C=C/c2ccccn2)cc1. The number of benzene rings is 1. The summed E-state index contributed by atoms with van der Waals surface area (Å²) in [5.74, 6) is 0. The lowest BCUT2D eigenvalue weighted by atomic mass is 10.1. The molecule has 2 aromatic rings. The van der Waals surface area contributed by atoms with Gasteiger partial charge in [0.05, 0.1) is 12.3 Å². The summed E-state index contributed by atoms with van der Waals surface area (Å²) in [6.45, 7) is 0.807. The average molecular weight is 254 g/mol. The molecule has 0 saturated heterocycles. The highest BCUT2D eigenvalue weighted by molar-refractivity contribution is 5.69. The third kappa shape index (κ3) is 3.93. The van der Waals surface area contributed by atoms with Gasteiger partial charge < -0.3 is 10.0 Å². The number of likely N-dealkylation sites (N-methyl/N-ethyl adjacent to an activating group) is 1. The van der Waals surface area contributed by atoms with Crippen molar-refractivity contribution in [2.24, 2.45) is 0 Å². The Morgan fingerprint density at radius 3 is 2.53 bits per heavy atom. The standard InChI is InChI=1S/C16H18N2O/c1-18(12-13-19)16-9-6-14(7-10-16)5-8-15-4-2-3-11-17-15/h2-11,19H,12-13H2,1H3/b8-5+. The summed E-state index contributed by atoms with van der Waals surface area (Å²) in [5.41, 5.74) is 3.18. The molecule has 0 aliphatic rings. The van der Waals surface area contributed by atoms with Crippen molar-refractivity contribution in [1.82, 2.24) is 4.98 Å². The van der Waals surface area contributed by atoms with Crippen LogP contribution in [-0.4, -0.2) is 30.3 Å². The normalized spacial score (nSPS) is 10.8. The zero-order valence-electron chi connectivity index (χ0n) is 11.0. The van der Waals surface area contributed by atoms with E-state index < -0.39 is 0 Å². The summed E-state index contributed by atoms with van der Waals surface area (Å²) in [6, 6.07) is 14.1. The predicted octanol–water partition coefficient (Wildman–Crippen LogP) is 2.68. The highest BCUT2D eigenvalue weighted by Gasteiger charge is 1.98. The van der Waals surface area contributed by atoms with Crippen LogP contribution in [0, 0.1) is 0 Å². The van der Waals surface area contributed by atoms with Crippen LogP contribution in [0.15, 0.2) is 48.7 Å². The molecule has 0 unspecified atom stereocenters.